The van der Waals surface area contributed by atoms with Gasteiger partial charge in [0, 0.05) is 31.1 Å². The van der Waals surface area contributed by atoms with Gasteiger partial charge in [-0.3, -0.25) is 4.79 Å². The molecule has 0 aliphatic rings. The number of carbonyl (C=O) groups excluding carboxylic acids is 1. The van der Waals surface area contributed by atoms with E-state index in [-0.39, 0.29) is 12.2 Å². The van der Waals surface area contributed by atoms with Crippen LogP contribution in [0.5, 0.6) is 0 Å². The first-order valence-electron chi connectivity index (χ1n) is 7.81. The van der Waals surface area contributed by atoms with E-state index in [0.717, 1.165) is 0 Å². The second-order valence-electron chi connectivity index (χ2n) is 5.08. The van der Waals surface area contributed by atoms with E-state index in [1.165, 1.54) is 30.5 Å². The van der Waals surface area contributed by atoms with Crippen LogP contribution in [-0.2, 0) is 16.0 Å². The predicted octanol–water partition coefficient (Wildman–Crippen LogP) is 2.87. The summed E-state index contributed by atoms with van der Waals surface area (Å²) in [6, 6.07) is 5.56. The molecule has 5 nitrogen and oxygen atoms in total. The zero-order valence-electron chi connectivity index (χ0n) is 13.8. The largest absolute Gasteiger partial charge is 0.462 e. The van der Waals surface area contributed by atoms with Crippen LogP contribution in [-0.4, -0.2) is 30.4 Å². The van der Waals surface area contributed by atoms with Gasteiger partial charge in [0.1, 0.15) is 11.4 Å². The fourth-order valence-electron chi connectivity index (χ4n) is 2.26. The summed E-state index contributed by atoms with van der Waals surface area (Å²) in [5, 5.41) is 0. The normalized spacial score (nSPS) is 10.6. The first-order valence-corrected chi connectivity index (χ1v) is 7.81. The number of hydrogen-bond acceptors (Lipinski definition) is 4. The van der Waals surface area contributed by atoms with E-state index in [9.17, 15) is 14.0 Å². The molecule has 1 heterocycles. The van der Waals surface area contributed by atoms with Crippen LogP contribution in [0.3, 0.4) is 0 Å². The van der Waals surface area contributed by atoms with Crippen molar-refractivity contribution in [1.82, 2.24) is 4.57 Å². The number of hydrogen-bond donors (Lipinski definition) is 0. The monoisotopic (exact) mass is 333 g/mol. The maximum atomic E-state index is 13.1. The summed E-state index contributed by atoms with van der Waals surface area (Å²) >= 11 is 0. The first-order chi connectivity index (χ1) is 11.6. The minimum absolute atomic E-state index is 0.0461. The van der Waals surface area contributed by atoms with Crippen LogP contribution in [0.4, 0.5) is 4.39 Å². The van der Waals surface area contributed by atoms with Gasteiger partial charge < -0.3 is 14.0 Å². The highest BCUT2D eigenvalue weighted by Crippen LogP contribution is 2.17. The molecule has 0 spiro atoms. The lowest BCUT2D eigenvalue weighted by Crippen LogP contribution is -2.22. The van der Waals surface area contributed by atoms with Crippen LogP contribution < -0.4 is 5.43 Å². The van der Waals surface area contributed by atoms with Crippen molar-refractivity contribution in [1.29, 1.82) is 0 Å². The van der Waals surface area contributed by atoms with Crippen molar-refractivity contribution in [3.63, 3.8) is 0 Å². The van der Waals surface area contributed by atoms with Crippen molar-refractivity contribution in [3.8, 4) is 11.1 Å². The standard InChI is InChI=1S/C18H20FNO4/c1-3-23-10-9-20-11-15(13-5-7-14(19)8-6-13)17(21)16(12-20)18(22)24-4-2/h5-8,11-12H,3-4,9-10H2,1-2H3. The average Bonchev–Trinajstić information content (AvgIpc) is 2.57. The number of benzene rings is 1. The number of pyridine rings is 1. The number of rotatable bonds is 7. The Bertz CT molecular complexity index is 753. The zero-order chi connectivity index (χ0) is 17.5. The highest BCUT2D eigenvalue weighted by Gasteiger charge is 2.17. The minimum Gasteiger partial charge on any atom is -0.462 e. The summed E-state index contributed by atoms with van der Waals surface area (Å²) in [4.78, 5) is 24.7. The maximum Gasteiger partial charge on any atom is 0.343 e. The van der Waals surface area contributed by atoms with E-state index >= 15 is 0 Å². The van der Waals surface area contributed by atoms with Gasteiger partial charge in [-0.25, -0.2) is 9.18 Å². The summed E-state index contributed by atoms with van der Waals surface area (Å²) < 4.78 is 25.1. The molecule has 0 radical (unpaired) electrons. The van der Waals surface area contributed by atoms with E-state index in [1.54, 1.807) is 17.7 Å². The molecular formula is C18H20FNO4. The van der Waals surface area contributed by atoms with E-state index in [1.807, 2.05) is 6.92 Å². The average molecular weight is 333 g/mol. The Morgan fingerprint density at radius 1 is 1.12 bits per heavy atom. The number of ether oxygens (including phenoxy) is 2. The van der Waals surface area contributed by atoms with Gasteiger partial charge in [0.05, 0.1) is 13.2 Å². The van der Waals surface area contributed by atoms with Crippen molar-refractivity contribution in [2.75, 3.05) is 19.8 Å². The van der Waals surface area contributed by atoms with Crippen LogP contribution in [0, 0.1) is 5.82 Å². The Morgan fingerprint density at radius 3 is 2.46 bits per heavy atom. The topological polar surface area (TPSA) is 57.5 Å². The Morgan fingerprint density at radius 2 is 1.83 bits per heavy atom. The molecule has 0 saturated heterocycles. The van der Waals surface area contributed by atoms with Crippen molar-refractivity contribution >= 4 is 5.97 Å². The zero-order valence-corrected chi connectivity index (χ0v) is 13.8. The Hall–Kier alpha value is -2.47. The van der Waals surface area contributed by atoms with Gasteiger partial charge >= 0.3 is 5.97 Å². The minimum atomic E-state index is -0.670. The Labute approximate surface area is 139 Å². The van der Waals surface area contributed by atoms with Crippen molar-refractivity contribution < 1.29 is 18.7 Å². The highest BCUT2D eigenvalue weighted by molar-refractivity contribution is 5.90. The van der Waals surface area contributed by atoms with Crippen LogP contribution in [0.15, 0.2) is 41.5 Å². The molecule has 24 heavy (non-hydrogen) atoms. The van der Waals surface area contributed by atoms with Gasteiger partial charge in [0.2, 0.25) is 5.43 Å². The van der Waals surface area contributed by atoms with Gasteiger partial charge in [-0.2, -0.15) is 0 Å². The molecule has 1 aromatic carbocycles. The second kappa shape index (κ2) is 8.40. The first kappa shape index (κ1) is 17.9. The molecule has 2 aromatic rings. The molecule has 0 bridgehead atoms. The van der Waals surface area contributed by atoms with Crippen molar-refractivity contribution in [2.24, 2.45) is 0 Å². The van der Waals surface area contributed by atoms with Gasteiger partial charge in [0.25, 0.3) is 0 Å². The lowest BCUT2D eigenvalue weighted by Gasteiger charge is -2.12. The fraction of sp³-hybridized carbons (Fsp3) is 0.333. The summed E-state index contributed by atoms with van der Waals surface area (Å²) in [7, 11) is 0. The molecule has 0 saturated carbocycles. The molecule has 0 fully saturated rings. The van der Waals surface area contributed by atoms with Crippen molar-refractivity contribution in [3.05, 3.63) is 58.3 Å². The maximum absolute atomic E-state index is 13.1. The van der Waals surface area contributed by atoms with Crippen LogP contribution in [0.2, 0.25) is 0 Å². The highest BCUT2D eigenvalue weighted by atomic mass is 19.1. The van der Waals surface area contributed by atoms with Crippen LogP contribution >= 0.6 is 0 Å². The van der Waals surface area contributed by atoms with E-state index in [4.69, 9.17) is 9.47 Å². The number of carbonyl (C=O) groups is 1. The number of aromatic nitrogens is 1. The molecule has 0 N–H and O–H groups in total. The quantitative estimate of drug-likeness (QED) is 0.577. The molecule has 6 heteroatoms. The molecule has 1 aromatic heterocycles. The van der Waals surface area contributed by atoms with Gasteiger partial charge in [-0.1, -0.05) is 12.1 Å². The van der Waals surface area contributed by atoms with Gasteiger partial charge in [-0.05, 0) is 31.5 Å². The van der Waals surface area contributed by atoms with Crippen LogP contribution in [0.25, 0.3) is 11.1 Å². The van der Waals surface area contributed by atoms with E-state index in [2.05, 4.69) is 0 Å². The molecular weight excluding hydrogens is 313 g/mol. The second-order valence-corrected chi connectivity index (χ2v) is 5.08. The smallest absolute Gasteiger partial charge is 0.343 e. The van der Waals surface area contributed by atoms with E-state index in [0.29, 0.717) is 30.9 Å². The molecule has 0 amide bonds. The van der Waals surface area contributed by atoms with Gasteiger partial charge in [-0.15, -0.1) is 0 Å². The summed E-state index contributed by atoms with van der Waals surface area (Å²) in [6.45, 7) is 5.25. The molecule has 128 valence electrons. The molecule has 0 aliphatic heterocycles. The molecule has 0 unspecified atom stereocenters. The third kappa shape index (κ3) is 4.29. The number of halogens is 1. The lowest BCUT2D eigenvalue weighted by atomic mass is 10.0. The third-order valence-electron chi connectivity index (χ3n) is 3.43. The Kier molecular flexibility index (Phi) is 6.26. The Balaban J connectivity index is 2.49. The summed E-state index contributed by atoms with van der Waals surface area (Å²) in [6.07, 6.45) is 3.10. The summed E-state index contributed by atoms with van der Waals surface area (Å²) in [5.41, 5.74) is 0.373. The van der Waals surface area contributed by atoms with Gasteiger partial charge in [0.15, 0.2) is 0 Å². The molecule has 0 aliphatic carbocycles. The SMILES string of the molecule is CCOCCn1cc(C(=O)OCC)c(=O)c(-c2ccc(F)cc2)c1. The fourth-order valence-corrected chi connectivity index (χ4v) is 2.26. The molecule has 2 rings (SSSR count). The van der Waals surface area contributed by atoms with Crippen molar-refractivity contribution in [2.45, 2.75) is 20.4 Å². The third-order valence-corrected chi connectivity index (χ3v) is 3.43. The number of nitrogens with zero attached hydrogens (tertiary/aromatic N) is 1. The number of esters is 1. The predicted molar refractivity (Wildman–Crippen MR) is 88.5 cm³/mol. The lowest BCUT2D eigenvalue weighted by molar-refractivity contribution is 0.0523. The summed E-state index contributed by atoms with van der Waals surface area (Å²) in [5.74, 6) is -1.06. The molecule has 0 atom stereocenters. The van der Waals surface area contributed by atoms with Crippen LogP contribution in [0.1, 0.15) is 24.2 Å². The van der Waals surface area contributed by atoms with E-state index < -0.39 is 17.2 Å².